The largest absolute Gasteiger partial charge is 0.466 e. The van der Waals surface area contributed by atoms with Gasteiger partial charge in [0.1, 0.15) is 0 Å². The van der Waals surface area contributed by atoms with E-state index in [1.165, 1.54) is 128 Å². The van der Waals surface area contributed by atoms with Crippen molar-refractivity contribution in [2.45, 2.75) is 264 Å². The van der Waals surface area contributed by atoms with Crippen LogP contribution in [0.25, 0.3) is 0 Å². The Hall–Kier alpha value is -2.18. The summed E-state index contributed by atoms with van der Waals surface area (Å²) in [6.45, 7) is 4.78. The Labute approximate surface area is 366 Å². The second kappa shape index (κ2) is 48.5. The molecule has 0 aliphatic rings. The minimum atomic E-state index is -0.864. The van der Waals surface area contributed by atoms with Crippen LogP contribution in [-0.4, -0.2) is 47.4 Å². The predicted molar refractivity (Wildman–Crippen MR) is 255 cm³/mol. The Bertz CT molecular complexity index is 1000. The Morgan fingerprint density at radius 3 is 1.34 bits per heavy atom. The lowest BCUT2D eigenvalue weighted by Gasteiger charge is -2.20. The summed E-state index contributed by atoms with van der Waals surface area (Å²) in [5, 5.41) is 23.0. The lowest BCUT2D eigenvalue weighted by molar-refractivity contribution is -0.143. The standard InChI is InChI=1S/C53H97NO5/c1-3-5-7-9-11-13-15-17-19-21-22-25-29-33-37-41-45-51(56)50(49-55)54-52(57)46-42-38-34-30-26-24-28-32-36-40-44-48-59-53(58)47-43-39-35-31-27-23-20-18-16-14-12-10-8-6-4-2/h12,14,18,20,28,32,41,45,50-51,55-56H,3-11,13,15-17,19,21-27,29-31,33-40,42-44,46-49H2,1-2H3,(H,54,57)/b14-12-,20-18-,32-28-,45-41+. The van der Waals surface area contributed by atoms with E-state index in [2.05, 4.69) is 55.6 Å². The van der Waals surface area contributed by atoms with Gasteiger partial charge in [-0.25, -0.2) is 0 Å². The maximum absolute atomic E-state index is 12.4. The molecule has 0 saturated carbocycles. The molecule has 0 bridgehead atoms. The number of aliphatic hydroxyl groups is 2. The number of esters is 1. The maximum Gasteiger partial charge on any atom is 0.305 e. The van der Waals surface area contributed by atoms with Gasteiger partial charge in [-0.2, -0.15) is 0 Å². The van der Waals surface area contributed by atoms with E-state index in [1.54, 1.807) is 6.08 Å². The van der Waals surface area contributed by atoms with Crippen molar-refractivity contribution in [2.24, 2.45) is 0 Å². The lowest BCUT2D eigenvalue weighted by atomic mass is 10.0. The van der Waals surface area contributed by atoms with E-state index in [0.29, 0.717) is 19.4 Å². The number of rotatable bonds is 46. The molecule has 0 aliphatic heterocycles. The van der Waals surface area contributed by atoms with E-state index in [1.807, 2.05) is 6.08 Å². The van der Waals surface area contributed by atoms with Gasteiger partial charge in [-0.3, -0.25) is 9.59 Å². The SMILES string of the molecule is CCCCC/C=C\C/C=C\CCCCCCCC(=O)OCCCC/C=C\CCCCCCCC(=O)NC(CO)C(O)/C=C/CCCCCCCCCCCCCCCC. The lowest BCUT2D eigenvalue weighted by Crippen LogP contribution is -2.45. The van der Waals surface area contributed by atoms with Crippen molar-refractivity contribution >= 4 is 11.9 Å². The number of carbonyl (C=O) groups excluding carboxylic acids is 2. The first-order valence-electron chi connectivity index (χ1n) is 25.4. The molecule has 6 nitrogen and oxygen atoms in total. The van der Waals surface area contributed by atoms with Crippen LogP contribution in [0.3, 0.4) is 0 Å². The second-order valence-corrected chi connectivity index (χ2v) is 17.1. The molecule has 6 heteroatoms. The third-order valence-electron chi connectivity index (χ3n) is 11.3. The van der Waals surface area contributed by atoms with Gasteiger partial charge in [0, 0.05) is 12.8 Å². The van der Waals surface area contributed by atoms with E-state index in [-0.39, 0.29) is 18.5 Å². The van der Waals surface area contributed by atoms with Gasteiger partial charge in [-0.05, 0) is 89.9 Å². The molecule has 59 heavy (non-hydrogen) atoms. The van der Waals surface area contributed by atoms with Crippen LogP contribution >= 0.6 is 0 Å². The minimum Gasteiger partial charge on any atom is -0.466 e. The van der Waals surface area contributed by atoms with Crippen LogP contribution < -0.4 is 5.32 Å². The predicted octanol–water partition coefficient (Wildman–Crippen LogP) is 15.1. The summed E-state index contributed by atoms with van der Waals surface area (Å²) in [5.74, 6) is -0.147. The van der Waals surface area contributed by atoms with Gasteiger partial charge in [-0.15, -0.1) is 0 Å². The van der Waals surface area contributed by atoms with E-state index >= 15 is 0 Å². The molecule has 3 N–H and O–H groups in total. The maximum atomic E-state index is 12.4. The number of nitrogens with one attached hydrogen (secondary N) is 1. The zero-order valence-electron chi connectivity index (χ0n) is 39.0. The van der Waals surface area contributed by atoms with Crippen LogP contribution in [0.1, 0.15) is 251 Å². The van der Waals surface area contributed by atoms with Gasteiger partial charge < -0.3 is 20.3 Å². The van der Waals surface area contributed by atoms with Gasteiger partial charge in [0.2, 0.25) is 5.91 Å². The molecule has 0 aliphatic carbocycles. The minimum absolute atomic E-state index is 0.0478. The highest BCUT2D eigenvalue weighted by Crippen LogP contribution is 2.15. The average molecular weight is 828 g/mol. The van der Waals surface area contributed by atoms with E-state index in [4.69, 9.17) is 4.74 Å². The highest BCUT2D eigenvalue weighted by molar-refractivity contribution is 5.76. The number of aliphatic hydroxyl groups excluding tert-OH is 2. The van der Waals surface area contributed by atoms with Crippen molar-refractivity contribution in [3.63, 3.8) is 0 Å². The molecule has 0 aromatic heterocycles. The fourth-order valence-corrected chi connectivity index (χ4v) is 7.36. The smallest absolute Gasteiger partial charge is 0.305 e. The quantitative estimate of drug-likeness (QED) is 0.0323. The van der Waals surface area contributed by atoms with Gasteiger partial charge in [0.25, 0.3) is 0 Å². The van der Waals surface area contributed by atoms with E-state index in [9.17, 15) is 19.8 Å². The van der Waals surface area contributed by atoms with Crippen LogP contribution in [0.5, 0.6) is 0 Å². The second-order valence-electron chi connectivity index (χ2n) is 17.1. The van der Waals surface area contributed by atoms with Crippen molar-refractivity contribution in [3.05, 3.63) is 48.6 Å². The molecule has 2 unspecified atom stereocenters. The van der Waals surface area contributed by atoms with Crippen molar-refractivity contribution in [1.29, 1.82) is 0 Å². The Kier molecular flexibility index (Phi) is 46.7. The molecule has 344 valence electrons. The Morgan fingerprint density at radius 2 is 0.847 bits per heavy atom. The number of unbranched alkanes of at least 4 members (excludes halogenated alkanes) is 29. The van der Waals surface area contributed by atoms with Crippen molar-refractivity contribution < 1.29 is 24.5 Å². The van der Waals surface area contributed by atoms with Crippen LogP contribution in [0.2, 0.25) is 0 Å². The molecule has 0 aromatic carbocycles. The first-order valence-corrected chi connectivity index (χ1v) is 25.4. The first-order chi connectivity index (χ1) is 29.0. The zero-order valence-corrected chi connectivity index (χ0v) is 39.0. The van der Waals surface area contributed by atoms with Crippen molar-refractivity contribution in [1.82, 2.24) is 5.32 Å². The average Bonchev–Trinajstić information content (AvgIpc) is 3.24. The molecule has 0 radical (unpaired) electrons. The zero-order chi connectivity index (χ0) is 43.0. The normalized spacial score (nSPS) is 13.1. The van der Waals surface area contributed by atoms with Gasteiger partial charge >= 0.3 is 5.97 Å². The van der Waals surface area contributed by atoms with Crippen molar-refractivity contribution in [3.8, 4) is 0 Å². The third-order valence-corrected chi connectivity index (χ3v) is 11.3. The summed E-state index contributed by atoms with van der Waals surface area (Å²) < 4.78 is 5.42. The van der Waals surface area contributed by atoms with Crippen LogP contribution in [-0.2, 0) is 14.3 Å². The highest BCUT2D eigenvalue weighted by Gasteiger charge is 2.18. The monoisotopic (exact) mass is 828 g/mol. The molecule has 1 amide bonds. The fraction of sp³-hybridized carbons (Fsp3) is 0.811. The van der Waals surface area contributed by atoms with Crippen LogP contribution in [0.4, 0.5) is 0 Å². The summed E-state index contributed by atoms with van der Waals surface area (Å²) >= 11 is 0. The summed E-state index contributed by atoms with van der Waals surface area (Å²) in [6.07, 6.45) is 59.6. The van der Waals surface area contributed by atoms with Gasteiger partial charge in [-0.1, -0.05) is 197 Å². The number of ether oxygens (including phenoxy) is 1. The molecular weight excluding hydrogens is 731 g/mol. The van der Waals surface area contributed by atoms with Gasteiger partial charge in [0.05, 0.1) is 25.4 Å². The molecule has 0 spiro atoms. The van der Waals surface area contributed by atoms with E-state index in [0.717, 1.165) is 96.3 Å². The molecular formula is C53H97NO5. The number of carbonyl (C=O) groups is 2. The number of allylic oxidation sites excluding steroid dienone is 7. The fourth-order valence-electron chi connectivity index (χ4n) is 7.36. The third kappa shape index (κ3) is 45.2. The highest BCUT2D eigenvalue weighted by atomic mass is 16.5. The van der Waals surface area contributed by atoms with Crippen LogP contribution in [0, 0.1) is 0 Å². The molecule has 2 atom stereocenters. The molecule has 0 saturated heterocycles. The Balaban J connectivity index is 3.58. The summed E-state index contributed by atoms with van der Waals surface area (Å²) in [7, 11) is 0. The first kappa shape index (κ1) is 56.8. The summed E-state index contributed by atoms with van der Waals surface area (Å²) in [6, 6.07) is -0.650. The summed E-state index contributed by atoms with van der Waals surface area (Å²) in [4.78, 5) is 24.4. The Morgan fingerprint density at radius 1 is 0.475 bits per heavy atom. The topological polar surface area (TPSA) is 95.9 Å². The van der Waals surface area contributed by atoms with Crippen molar-refractivity contribution in [2.75, 3.05) is 13.2 Å². The molecule has 0 fully saturated rings. The van der Waals surface area contributed by atoms with E-state index < -0.39 is 12.1 Å². The number of hydrogen-bond donors (Lipinski definition) is 3. The summed E-state index contributed by atoms with van der Waals surface area (Å²) in [5.41, 5.74) is 0. The van der Waals surface area contributed by atoms with Crippen LogP contribution in [0.15, 0.2) is 48.6 Å². The van der Waals surface area contributed by atoms with Gasteiger partial charge in [0.15, 0.2) is 0 Å². The number of amides is 1. The molecule has 0 heterocycles. The number of hydrogen-bond acceptors (Lipinski definition) is 5. The molecule has 0 aromatic rings. The molecule has 0 rings (SSSR count).